The maximum Gasteiger partial charge on any atom is 0.352 e. The number of aromatic nitrogens is 1. The smallest absolute Gasteiger partial charge is 0.352 e. The van der Waals surface area contributed by atoms with E-state index in [-0.39, 0.29) is 40.3 Å². The largest absolute Gasteiger partial charge is 0.489 e. The van der Waals surface area contributed by atoms with Gasteiger partial charge in [-0.1, -0.05) is 11.2 Å². The number of ether oxygens (including phenoxy) is 1. The molecule has 1 unspecified atom stereocenters. The molecule has 1 aromatic heterocycles. The van der Waals surface area contributed by atoms with Gasteiger partial charge in [0.05, 0.1) is 0 Å². The Kier molecular flexibility index (Phi) is 7.16. The maximum absolute atomic E-state index is 13.4. The molecule has 184 valence electrons. The summed E-state index contributed by atoms with van der Waals surface area (Å²) < 4.78 is 31.3. The van der Waals surface area contributed by atoms with Crippen molar-refractivity contribution in [2.24, 2.45) is 5.16 Å². The van der Waals surface area contributed by atoms with Crippen LogP contribution in [0, 0.1) is 5.82 Å². The first-order valence-corrected chi connectivity index (χ1v) is 11.8. The summed E-state index contributed by atoms with van der Waals surface area (Å²) in [5.41, 5.74) is 5.27. The molecule has 11 nitrogen and oxygen atoms in total. The number of thioether (sulfide) groups is 1. The van der Waals surface area contributed by atoms with Gasteiger partial charge < -0.3 is 25.7 Å². The topological polar surface area (TPSA) is 156 Å². The zero-order valence-electron chi connectivity index (χ0n) is 17.6. The number of fused-ring (bicyclic) bond motifs is 1. The number of aliphatic carboxylic acids is 1. The van der Waals surface area contributed by atoms with Crippen molar-refractivity contribution >= 4 is 51.7 Å². The molecular formula is C20H17F2N5O6S2. The Labute approximate surface area is 204 Å². The van der Waals surface area contributed by atoms with E-state index in [0.29, 0.717) is 5.57 Å². The third-order valence-corrected chi connectivity index (χ3v) is 6.94. The third-order valence-electron chi connectivity index (χ3n) is 4.93. The molecule has 1 aromatic carbocycles. The fourth-order valence-corrected chi connectivity index (χ4v) is 5.30. The number of carboxylic acid groups (broad SMARTS) is 1. The summed E-state index contributed by atoms with van der Waals surface area (Å²) in [6.07, 6.45) is 0. The highest BCUT2D eigenvalue weighted by Gasteiger charge is 2.54. The van der Waals surface area contributed by atoms with Gasteiger partial charge in [-0.15, -0.1) is 23.1 Å². The van der Waals surface area contributed by atoms with E-state index in [1.54, 1.807) is 0 Å². The van der Waals surface area contributed by atoms with Crippen LogP contribution in [0.3, 0.4) is 0 Å². The average molecular weight is 526 g/mol. The summed E-state index contributed by atoms with van der Waals surface area (Å²) in [5.74, 6) is -3.00. The number of alkyl halides is 1. The second kappa shape index (κ2) is 10.3. The molecule has 0 saturated carbocycles. The van der Waals surface area contributed by atoms with Crippen LogP contribution in [0.1, 0.15) is 5.69 Å². The minimum absolute atomic E-state index is 0.0290. The first-order valence-electron chi connectivity index (χ1n) is 9.86. The monoisotopic (exact) mass is 525 g/mol. The van der Waals surface area contributed by atoms with E-state index in [4.69, 9.17) is 10.5 Å². The molecule has 1 saturated heterocycles. The molecule has 1 fully saturated rings. The number of hydrogen-bond acceptors (Lipinski definition) is 10. The molecule has 4 rings (SSSR count). The highest BCUT2D eigenvalue weighted by Crippen LogP contribution is 2.40. The molecule has 2 atom stereocenters. The lowest BCUT2D eigenvalue weighted by Gasteiger charge is -2.49. The standard InChI is InChI=1S/C20H17F2N5O6S2/c21-8-33-26-13(12-7-35-20(23)24-12)16(28)25-14-17(29)27-15(19(30)31)9(6-34-18(14)27)5-32-11-3-1-2-10(22)4-11/h1-4,7,14,18H,5-6,8H2,(H2,23,24)(H,25,28)(H,30,31)/t14?,18-/m0/s1. The van der Waals surface area contributed by atoms with Gasteiger partial charge in [-0.3, -0.25) is 14.5 Å². The number of carbonyl (C=O) groups is 3. The van der Waals surface area contributed by atoms with E-state index in [2.05, 4.69) is 20.3 Å². The lowest BCUT2D eigenvalue weighted by Crippen LogP contribution is -2.71. The molecular weight excluding hydrogens is 508 g/mol. The number of oxime groups is 1. The van der Waals surface area contributed by atoms with Crippen LogP contribution in [-0.4, -0.2) is 69.1 Å². The van der Waals surface area contributed by atoms with E-state index in [9.17, 15) is 28.3 Å². The maximum atomic E-state index is 13.4. The Morgan fingerprint density at radius 1 is 1.40 bits per heavy atom. The van der Waals surface area contributed by atoms with Crippen LogP contribution in [0.15, 0.2) is 46.1 Å². The third kappa shape index (κ3) is 5.05. The number of carboxylic acids is 1. The van der Waals surface area contributed by atoms with Gasteiger partial charge in [0.25, 0.3) is 18.7 Å². The van der Waals surface area contributed by atoms with Crippen molar-refractivity contribution in [3.8, 4) is 5.75 Å². The number of nitrogens with one attached hydrogen (secondary N) is 1. The number of β-lactam (4-membered cyclic amide) rings is 1. The fraction of sp³-hybridized carbons (Fsp3) is 0.250. The van der Waals surface area contributed by atoms with Crippen molar-refractivity contribution < 1.29 is 37.8 Å². The van der Waals surface area contributed by atoms with Crippen LogP contribution < -0.4 is 15.8 Å². The Balaban J connectivity index is 1.49. The quantitative estimate of drug-likeness (QED) is 0.250. The van der Waals surface area contributed by atoms with Crippen LogP contribution in [0.5, 0.6) is 5.75 Å². The molecule has 35 heavy (non-hydrogen) atoms. The van der Waals surface area contributed by atoms with Gasteiger partial charge in [0.2, 0.25) is 0 Å². The van der Waals surface area contributed by atoms with Gasteiger partial charge in [0, 0.05) is 22.8 Å². The van der Waals surface area contributed by atoms with Gasteiger partial charge in [-0.2, -0.15) is 0 Å². The van der Waals surface area contributed by atoms with Gasteiger partial charge in [-0.25, -0.2) is 18.6 Å². The number of nitrogens with two attached hydrogens (primary N) is 1. The van der Waals surface area contributed by atoms with Gasteiger partial charge in [-0.05, 0) is 12.1 Å². The number of carbonyl (C=O) groups excluding carboxylic acids is 2. The van der Waals surface area contributed by atoms with Crippen LogP contribution in [-0.2, 0) is 19.2 Å². The highest BCUT2D eigenvalue weighted by atomic mass is 32.2. The van der Waals surface area contributed by atoms with Gasteiger partial charge >= 0.3 is 5.97 Å². The van der Waals surface area contributed by atoms with Crippen LogP contribution in [0.2, 0.25) is 0 Å². The molecule has 0 spiro atoms. The van der Waals surface area contributed by atoms with Gasteiger partial charge in [0.15, 0.2) is 10.8 Å². The zero-order chi connectivity index (χ0) is 25.1. The number of halogens is 2. The molecule has 2 aliphatic rings. The minimum Gasteiger partial charge on any atom is -0.489 e. The second-order valence-electron chi connectivity index (χ2n) is 7.11. The fourth-order valence-electron chi connectivity index (χ4n) is 3.42. The predicted molar refractivity (Wildman–Crippen MR) is 122 cm³/mol. The normalized spacial score (nSPS) is 19.7. The molecule has 0 radical (unpaired) electrons. The summed E-state index contributed by atoms with van der Waals surface area (Å²) in [5, 5.41) is 16.5. The van der Waals surface area contributed by atoms with Crippen molar-refractivity contribution in [2.75, 3.05) is 25.0 Å². The summed E-state index contributed by atoms with van der Waals surface area (Å²) >= 11 is 2.24. The SMILES string of the molecule is Nc1nc(C(=NOCF)C(=O)NC2C(=O)N3C(C(=O)O)=C(COc4cccc(F)c4)CS[C@@H]23)cs1. The van der Waals surface area contributed by atoms with Crippen molar-refractivity contribution in [1.82, 2.24) is 15.2 Å². The average Bonchev–Trinajstić information content (AvgIpc) is 3.26. The van der Waals surface area contributed by atoms with Crippen molar-refractivity contribution in [3.05, 3.63) is 52.4 Å². The van der Waals surface area contributed by atoms with Crippen LogP contribution >= 0.6 is 23.1 Å². The lowest BCUT2D eigenvalue weighted by atomic mass is 10.0. The molecule has 15 heteroatoms. The summed E-state index contributed by atoms with van der Waals surface area (Å²) in [6, 6.07) is 4.30. The molecule has 4 N–H and O–H groups in total. The van der Waals surface area contributed by atoms with Gasteiger partial charge in [0.1, 0.15) is 41.0 Å². The van der Waals surface area contributed by atoms with E-state index in [1.165, 1.54) is 35.3 Å². The van der Waals surface area contributed by atoms with E-state index in [1.807, 2.05) is 0 Å². The number of rotatable bonds is 9. The molecule has 2 aliphatic heterocycles. The lowest BCUT2D eigenvalue weighted by molar-refractivity contribution is -0.150. The Morgan fingerprint density at radius 2 is 2.20 bits per heavy atom. The van der Waals surface area contributed by atoms with E-state index in [0.717, 1.165) is 22.3 Å². The molecule has 2 amide bonds. The molecule has 2 aromatic rings. The molecule has 0 aliphatic carbocycles. The number of nitrogen functional groups attached to an aromatic ring is 1. The number of thiazole rings is 1. The number of hydrogen-bond donors (Lipinski definition) is 3. The molecule has 0 bridgehead atoms. The Bertz CT molecular complexity index is 1240. The van der Waals surface area contributed by atoms with Crippen LogP contribution in [0.25, 0.3) is 0 Å². The Hall–Kier alpha value is -3.72. The predicted octanol–water partition coefficient (Wildman–Crippen LogP) is 1.33. The van der Waals surface area contributed by atoms with Crippen molar-refractivity contribution in [3.63, 3.8) is 0 Å². The highest BCUT2D eigenvalue weighted by molar-refractivity contribution is 8.00. The number of nitrogens with zero attached hydrogens (tertiary/aromatic N) is 3. The zero-order valence-corrected chi connectivity index (χ0v) is 19.3. The number of amides is 2. The Morgan fingerprint density at radius 3 is 2.86 bits per heavy atom. The van der Waals surface area contributed by atoms with Crippen molar-refractivity contribution in [2.45, 2.75) is 11.4 Å². The first-order chi connectivity index (χ1) is 16.8. The van der Waals surface area contributed by atoms with E-state index >= 15 is 0 Å². The minimum atomic E-state index is -1.34. The molecule has 3 heterocycles. The second-order valence-corrected chi connectivity index (χ2v) is 9.11. The summed E-state index contributed by atoms with van der Waals surface area (Å²) in [6.45, 7) is -1.47. The van der Waals surface area contributed by atoms with Crippen LogP contribution in [0.4, 0.5) is 13.9 Å². The number of benzene rings is 1. The summed E-state index contributed by atoms with van der Waals surface area (Å²) in [7, 11) is 0. The number of anilines is 1. The summed E-state index contributed by atoms with van der Waals surface area (Å²) in [4.78, 5) is 46.9. The van der Waals surface area contributed by atoms with Crippen molar-refractivity contribution in [1.29, 1.82) is 0 Å². The van der Waals surface area contributed by atoms with E-state index < -0.39 is 41.9 Å². The first kappa shape index (κ1) is 24.4.